The Morgan fingerprint density at radius 2 is 1.71 bits per heavy atom. The summed E-state index contributed by atoms with van der Waals surface area (Å²) in [4.78, 5) is 2.43. The number of aromatic nitrogens is 2. The van der Waals surface area contributed by atoms with Gasteiger partial charge >= 0.3 is 0 Å². The average molecular weight is 288 g/mol. The largest absolute Gasteiger partial charge is 0.397 e. The molecule has 116 valence electrons. The molecule has 0 atom stereocenters. The molecular weight excluding hydrogens is 260 g/mol. The summed E-state index contributed by atoms with van der Waals surface area (Å²) in [6.07, 6.45) is 4.18. The first-order valence-electron chi connectivity index (χ1n) is 7.95. The second kappa shape index (κ2) is 6.83. The van der Waals surface area contributed by atoms with E-state index in [2.05, 4.69) is 48.9 Å². The van der Waals surface area contributed by atoms with Crippen molar-refractivity contribution in [2.75, 3.05) is 23.7 Å². The maximum atomic E-state index is 6.28. The second-order valence-electron chi connectivity index (χ2n) is 6.72. The molecule has 0 aliphatic heterocycles. The van der Waals surface area contributed by atoms with Crippen molar-refractivity contribution in [3.63, 3.8) is 0 Å². The SMILES string of the molecule is CC(C)CCN(CCC(C)C)c1cc2[nH]ncc2cc1N. The van der Waals surface area contributed by atoms with Crippen molar-refractivity contribution < 1.29 is 0 Å². The Labute approximate surface area is 127 Å². The van der Waals surface area contributed by atoms with Crippen LogP contribution in [0.15, 0.2) is 18.3 Å². The summed E-state index contributed by atoms with van der Waals surface area (Å²) >= 11 is 0. The van der Waals surface area contributed by atoms with Crippen LogP contribution >= 0.6 is 0 Å². The fourth-order valence-electron chi connectivity index (χ4n) is 2.45. The molecule has 4 nitrogen and oxygen atoms in total. The molecule has 0 radical (unpaired) electrons. The summed E-state index contributed by atoms with van der Waals surface area (Å²) in [5, 5.41) is 8.20. The summed E-state index contributed by atoms with van der Waals surface area (Å²) in [6.45, 7) is 11.2. The molecule has 0 bridgehead atoms. The number of hydrogen-bond donors (Lipinski definition) is 2. The van der Waals surface area contributed by atoms with Gasteiger partial charge in [0, 0.05) is 18.5 Å². The predicted octanol–water partition coefficient (Wildman–Crippen LogP) is 4.04. The minimum Gasteiger partial charge on any atom is -0.397 e. The second-order valence-corrected chi connectivity index (χ2v) is 6.72. The molecular formula is C17H28N4. The third kappa shape index (κ3) is 4.13. The minimum atomic E-state index is 0.698. The highest BCUT2D eigenvalue weighted by Crippen LogP contribution is 2.29. The topological polar surface area (TPSA) is 57.9 Å². The summed E-state index contributed by atoms with van der Waals surface area (Å²) in [5.74, 6) is 1.40. The van der Waals surface area contributed by atoms with Gasteiger partial charge in [0.15, 0.2) is 0 Å². The van der Waals surface area contributed by atoms with Crippen LogP contribution in [0.2, 0.25) is 0 Å². The molecule has 4 heteroatoms. The van der Waals surface area contributed by atoms with Crippen molar-refractivity contribution in [1.82, 2.24) is 10.2 Å². The van der Waals surface area contributed by atoms with Gasteiger partial charge in [-0.15, -0.1) is 0 Å². The zero-order valence-corrected chi connectivity index (χ0v) is 13.7. The fraction of sp³-hybridized carbons (Fsp3) is 0.588. The summed E-state index contributed by atoms with van der Waals surface area (Å²) in [5.41, 5.74) is 9.31. The van der Waals surface area contributed by atoms with E-state index in [4.69, 9.17) is 5.73 Å². The van der Waals surface area contributed by atoms with E-state index in [9.17, 15) is 0 Å². The van der Waals surface area contributed by atoms with E-state index in [1.807, 2.05) is 12.3 Å². The van der Waals surface area contributed by atoms with E-state index in [0.29, 0.717) is 11.8 Å². The van der Waals surface area contributed by atoms with Gasteiger partial charge in [-0.1, -0.05) is 27.7 Å². The lowest BCUT2D eigenvalue weighted by Gasteiger charge is -2.28. The van der Waals surface area contributed by atoms with Gasteiger partial charge in [-0.05, 0) is 36.8 Å². The van der Waals surface area contributed by atoms with Crippen LogP contribution in [0, 0.1) is 11.8 Å². The first-order chi connectivity index (χ1) is 9.97. The number of benzene rings is 1. The van der Waals surface area contributed by atoms with Gasteiger partial charge < -0.3 is 10.6 Å². The van der Waals surface area contributed by atoms with Gasteiger partial charge in [0.05, 0.1) is 23.1 Å². The van der Waals surface area contributed by atoms with Crippen LogP contribution in [0.4, 0.5) is 11.4 Å². The number of nitrogens with zero attached hydrogens (tertiary/aromatic N) is 2. The standard InChI is InChI=1S/C17H28N4/c1-12(2)5-7-21(8-6-13(3)4)17-10-16-14(9-15(17)18)11-19-20-16/h9-13H,5-8,18H2,1-4H3,(H,19,20). The molecule has 0 aliphatic rings. The Kier molecular flexibility index (Phi) is 5.10. The van der Waals surface area contributed by atoms with Gasteiger partial charge in [0.25, 0.3) is 0 Å². The van der Waals surface area contributed by atoms with Gasteiger partial charge in [0.1, 0.15) is 0 Å². The maximum absolute atomic E-state index is 6.28. The highest BCUT2D eigenvalue weighted by atomic mass is 15.1. The van der Waals surface area contributed by atoms with Crippen LogP contribution in [-0.2, 0) is 0 Å². The van der Waals surface area contributed by atoms with Crippen LogP contribution < -0.4 is 10.6 Å². The zero-order valence-electron chi connectivity index (χ0n) is 13.7. The first kappa shape index (κ1) is 15.7. The van der Waals surface area contributed by atoms with Gasteiger partial charge in [-0.25, -0.2) is 0 Å². The summed E-state index contributed by atoms with van der Waals surface area (Å²) in [6, 6.07) is 4.16. The minimum absolute atomic E-state index is 0.698. The quantitative estimate of drug-likeness (QED) is 0.756. The van der Waals surface area contributed by atoms with Crippen molar-refractivity contribution in [2.45, 2.75) is 40.5 Å². The van der Waals surface area contributed by atoms with Crippen LogP contribution in [0.1, 0.15) is 40.5 Å². The highest BCUT2D eigenvalue weighted by molar-refractivity contribution is 5.88. The number of fused-ring (bicyclic) bond motifs is 1. The normalized spacial score (nSPS) is 11.7. The number of anilines is 2. The molecule has 0 spiro atoms. The lowest BCUT2D eigenvalue weighted by atomic mass is 10.1. The number of nitrogens with two attached hydrogens (primary N) is 1. The first-order valence-corrected chi connectivity index (χ1v) is 7.95. The number of rotatable bonds is 7. The van der Waals surface area contributed by atoms with Gasteiger partial charge in [0.2, 0.25) is 0 Å². The van der Waals surface area contributed by atoms with E-state index in [0.717, 1.165) is 35.4 Å². The van der Waals surface area contributed by atoms with E-state index < -0.39 is 0 Å². The van der Waals surface area contributed by atoms with Crippen molar-refractivity contribution in [2.24, 2.45) is 11.8 Å². The van der Waals surface area contributed by atoms with Crippen LogP contribution in [0.5, 0.6) is 0 Å². The van der Waals surface area contributed by atoms with Crippen molar-refractivity contribution >= 4 is 22.3 Å². The molecule has 0 saturated carbocycles. The molecule has 0 fully saturated rings. The maximum Gasteiger partial charge on any atom is 0.0672 e. The van der Waals surface area contributed by atoms with E-state index >= 15 is 0 Å². The molecule has 2 rings (SSSR count). The Morgan fingerprint density at radius 3 is 2.29 bits per heavy atom. The third-order valence-corrected chi connectivity index (χ3v) is 3.88. The van der Waals surface area contributed by atoms with Crippen molar-refractivity contribution in [3.05, 3.63) is 18.3 Å². The Morgan fingerprint density at radius 1 is 1.10 bits per heavy atom. The number of aromatic amines is 1. The molecule has 1 aromatic heterocycles. The van der Waals surface area contributed by atoms with Crippen LogP contribution in [0.3, 0.4) is 0 Å². The van der Waals surface area contributed by atoms with Crippen LogP contribution in [0.25, 0.3) is 10.9 Å². The number of nitrogens with one attached hydrogen (secondary N) is 1. The number of hydrogen-bond acceptors (Lipinski definition) is 3. The summed E-state index contributed by atoms with van der Waals surface area (Å²) in [7, 11) is 0. The van der Waals surface area contributed by atoms with Crippen LogP contribution in [-0.4, -0.2) is 23.3 Å². The molecule has 0 saturated heterocycles. The number of H-pyrrole nitrogens is 1. The molecule has 0 unspecified atom stereocenters. The Bertz CT molecular complexity index is 559. The monoisotopic (exact) mass is 288 g/mol. The van der Waals surface area contributed by atoms with Crippen molar-refractivity contribution in [3.8, 4) is 0 Å². The zero-order chi connectivity index (χ0) is 15.4. The number of nitrogen functional groups attached to an aromatic ring is 1. The average Bonchev–Trinajstić information content (AvgIpc) is 2.84. The van der Waals surface area contributed by atoms with Gasteiger partial charge in [-0.2, -0.15) is 5.10 Å². The Balaban J connectivity index is 2.24. The predicted molar refractivity (Wildman–Crippen MR) is 91.6 cm³/mol. The van der Waals surface area contributed by atoms with E-state index in [1.165, 1.54) is 12.8 Å². The lowest BCUT2D eigenvalue weighted by Crippen LogP contribution is -2.28. The van der Waals surface area contributed by atoms with Crippen molar-refractivity contribution in [1.29, 1.82) is 0 Å². The molecule has 0 aliphatic carbocycles. The van der Waals surface area contributed by atoms with Gasteiger partial charge in [-0.3, -0.25) is 5.10 Å². The molecule has 1 aromatic carbocycles. The Hall–Kier alpha value is -1.71. The molecule has 2 aromatic rings. The highest BCUT2D eigenvalue weighted by Gasteiger charge is 2.13. The van der Waals surface area contributed by atoms with E-state index in [-0.39, 0.29) is 0 Å². The third-order valence-electron chi connectivity index (χ3n) is 3.88. The molecule has 0 amide bonds. The molecule has 21 heavy (non-hydrogen) atoms. The van der Waals surface area contributed by atoms with E-state index in [1.54, 1.807) is 0 Å². The summed E-state index contributed by atoms with van der Waals surface area (Å²) < 4.78 is 0. The fourth-order valence-corrected chi connectivity index (χ4v) is 2.45. The lowest BCUT2D eigenvalue weighted by molar-refractivity contribution is 0.535. The molecule has 3 N–H and O–H groups in total. The molecule has 1 heterocycles. The smallest absolute Gasteiger partial charge is 0.0672 e.